The molecule has 0 amide bonds. The molecule has 1 aliphatic rings. The maximum Gasteiger partial charge on any atom is 0.433 e. The normalized spacial score (nSPS) is 16.3. The van der Waals surface area contributed by atoms with Crippen LogP contribution in [-0.4, -0.2) is 23.1 Å². The van der Waals surface area contributed by atoms with Crippen molar-refractivity contribution in [2.45, 2.75) is 44.2 Å². The van der Waals surface area contributed by atoms with Gasteiger partial charge in [0.15, 0.2) is 0 Å². The van der Waals surface area contributed by atoms with Crippen LogP contribution in [0.1, 0.15) is 54.8 Å². The fraction of sp³-hybridized carbons (Fsp3) is 0.350. The van der Waals surface area contributed by atoms with Crippen LogP contribution in [-0.2, 0) is 0 Å². The minimum absolute atomic E-state index is 0.0126. The van der Waals surface area contributed by atoms with E-state index in [1.165, 1.54) is 0 Å². The Labute approximate surface area is 160 Å². The van der Waals surface area contributed by atoms with Crippen LogP contribution in [0.4, 0.5) is 18.9 Å². The van der Waals surface area contributed by atoms with Crippen LogP contribution in [0.15, 0.2) is 24.4 Å². The zero-order valence-electron chi connectivity index (χ0n) is 15.2. The molecule has 1 aliphatic carbocycles. The highest BCUT2D eigenvalue weighted by atomic mass is 19.4. The van der Waals surface area contributed by atoms with Gasteiger partial charge >= 0.3 is 6.18 Å². The van der Waals surface area contributed by atoms with Gasteiger partial charge in [-0.3, -0.25) is 5.41 Å². The number of rotatable bonds is 4. The van der Waals surface area contributed by atoms with Crippen LogP contribution in [0.2, 0.25) is 0 Å². The summed E-state index contributed by atoms with van der Waals surface area (Å²) >= 11 is 0. The molecule has 2 aromatic rings. The van der Waals surface area contributed by atoms with Crippen LogP contribution in [0.5, 0.6) is 0 Å². The number of nitrogen functional groups attached to an aromatic ring is 1. The summed E-state index contributed by atoms with van der Waals surface area (Å²) in [6.45, 7) is 0. The summed E-state index contributed by atoms with van der Waals surface area (Å²) in [4.78, 5) is 4.34. The van der Waals surface area contributed by atoms with E-state index < -0.39 is 17.5 Å². The van der Waals surface area contributed by atoms with E-state index in [4.69, 9.17) is 22.3 Å². The summed E-state index contributed by atoms with van der Waals surface area (Å²) in [5.41, 5.74) is 11.7. The molecular formula is C20H22F3N5. The lowest BCUT2D eigenvalue weighted by Crippen LogP contribution is -2.24. The van der Waals surface area contributed by atoms with Gasteiger partial charge in [-0.05, 0) is 42.5 Å². The van der Waals surface area contributed by atoms with Crippen molar-refractivity contribution in [3.8, 4) is 0 Å². The molecule has 1 heterocycles. The molecule has 148 valence electrons. The molecule has 0 spiro atoms. The van der Waals surface area contributed by atoms with Crippen LogP contribution in [0.25, 0.3) is 16.5 Å². The lowest BCUT2D eigenvalue weighted by atomic mass is 9.81. The molecule has 3 rings (SSSR count). The van der Waals surface area contributed by atoms with E-state index >= 15 is 0 Å². The number of nitrogens with one attached hydrogen (secondary N) is 2. The first kappa shape index (κ1) is 19.9. The molecular weight excluding hydrogens is 367 g/mol. The maximum atomic E-state index is 13.1. The fourth-order valence-electron chi connectivity index (χ4n) is 3.88. The van der Waals surface area contributed by atoms with Gasteiger partial charge in [-0.2, -0.15) is 13.2 Å². The molecule has 8 heteroatoms. The summed E-state index contributed by atoms with van der Waals surface area (Å²) < 4.78 is 39.4. The van der Waals surface area contributed by atoms with E-state index in [1.807, 2.05) is 0 Å². The number of hydrogen-bond acceptors (Lipinski definition) is 5. The Morgan fingerprint density at radius 3 is 2.43 bits per heavy atom. The van der Waals surface area contributed by atoms with Gasteiger partial charge in [0.1, 0.15) is 5.71 Å². The molecule has 0 atom stereocenters. The highest BCUT2D eigenvalue weighted by molar-refractivity contribution is 6.24. The van der Waals surface area contributed by atoms with Crippen molar-refractivity contribution < 1.29 is 13.2 Å². The summed E-state index contributed by atoms with van der Waals surface area (Å²) in [5.74, 6) is 0.137. The van der Waals surface area contributed by atoms with Crippen LogP contribution < -0.4 is 11.5 Å². The van der Waals surface area contributed by atoms with Crippen molar-refractivity contribution >= 4 is 34.1 Å². The van der Waals surface area contributed by atoms with Gasteiger partial charge in [0.2, 0.25) is 0 Å². The number of pyridine rings is 1. The lowest BCUT2D eigenvalue weighted by molar-refractivity contribution is -0.0578. The number of nitrogens with two attached hydrogens (primary N) is 2. The topological polar surface area (TPSA) is 113 Å². The number of fused-ring (bicyclic) bond motifs is 1. The lowest BCUT2D eigenvalue weighted by Gasteiger charge is -2.25. The third-order valence-electron chi connectivity index (χ3n) is 5.26. The van der Waals surface area contributed by atoms with Gasteiger partial charge in [-0.1, -0.05) is 19.3 Å². The summed E-state index contributed by atoms with van der Waals surface area (Å²) in [6, 6.07) is 4.81. The number of nitrogens with zero attached hydrogens (tertiary/aromatic N) is 1. The van der Waals surface area contributed by atoms with Crippen molar-refractivity contribution in [2.24, 2.45) is 5.73 Å². The first-order chi connectivity index (χ1) is 13.3. The highest BCUT2D eigenvalue weighted by Crippen LogP contribution is 2.39. The number of aromatic nitrogens is 1. The van der Waals surface area contributed by atoms with Crippen molar-refractivity contribution in [1.82, 2.24) is 4.98 Å². The Morgan fingerprint density at radius 1 is 1.18 bits per heavy atom. The van der Waals surface area contributed by atoms with Crippen molar-refractivity contribution in [3.63, 3.8) is 0 Å². The van der Waals surface area contributed by atoms with E-state index in [0.29, 0.717) is 22.2 Å². The fourth-order valence-corrected chi connectivity index (χ4v) is 3.88. The number of alkyl halides is 3. The molecule has 0 aliphatic heterocycles. The van der Waals surface area contributed by atoms with Crippen molar-refractivity contribution in [2.75, 3.05) is 5.73 Å². The Morgan fingerprint density at radius 2 is 1.86 bits per heavy atom. The van der Waals surface area contributed by atoms with Crippen molar-refractivity contribution in [1.29, 1.82) is 10.8 Å². The standard InChI is InChI=1S/C20H22F3N5/c21-20(22,23)19(27)14(10-25)17-8-12(11-4-2-1-3-5-11)18-13(9-24)15(26)6-7-16(18)28-17/h6-11,24,27H,1-5,25-26H2/b14-10-,24-9?,27-19?. The molecule has 28 heavy (non-hydrogen) atoms. The highest BCUT2D eigenvalue weighted by Gasteiger charge is 2.38. The van der Waals surface area contributed by atoms with E-state index in [0.717, 1.165) is 50.1 Å². The first-order valence-electron chi connectivity index (χ1n) is 9.10. The van der Waals surface area contributed by atoms with Gasteiger partial charge in [0.25, 0.3) is 0 Å². The number of anilines is 1. The Kier molecular flexibility index (Phi) is 5.40. The summed E-state index contributed by atoms with van der Waals surface area (Å²) in [5, 5.41) is 16.0. The van der Waals surface area contributed by atoms with Gasteiger partial charge in [-0.15, -0.1) is 0 Å². The predicted molar refractivity (Wildman–Crippen MR) is 106 cm³/mol. The minimum Gasteiger partial charge on any atom is -0.404 e. The number of benzene rings is 1. The molecule has 1 aromatic carbocycles. The largest absolute Gasteiger partial charge is 0.433 e. The molecule has 1 saturated carbocycles. The molecule has 1 fully saturated rings. The van der Waals surface area contributed by atoms with Gasteiger partial charge in [0, 0.05) is 34.6 Å². The van der Waals surface area contributed by atoms with E-state index in [-0.39, 0.29) is 11.6 Å². The average molecular weight is 389 g/mol. The van der Waals surface area contributed by atoms with Gasteiger partial charge in [0.05, 0.1) is 11.2 Å². The van der Waals surface area contributed by atoms with E-state index in [1.54, 1.807) is 18.2 Å². The SMILES string of the molecule is N=Cc1c(N)ccc2nc(/C(=C/N)C(=N)C(F)(F)F)cc(C3CCCCC3)c12. The zero-order chi connectivity index (χ0) is 20.5. The summed E-state index contributed by atoms with van der Waals surface area (Å²) in [7, 11) is 0. The first-order valence-corrected chi connectivity index (χ1v) is 9.10. The smallest absolute Gasteiger partial charge is 0.404 e. The third-order valence-corrected chi connectivity index (χ3v) is 5.26. The Bertz CT molecular complexity index is 956. The molecule has 6 N–H and O–H groups in total. The molecule has 5 nitrogen and oxygen atoms in total. The average Bonchev–Trinajstić information content (AvgIpc) is 2.68. The second kappa shape index (κ2) is 7.61. The van der Waals surface area contributed by atoms with Crippen LogP contribution >= 0.6 is 0 Å². The summed E-state index contributed by atoms with van der Waals surface area (Å²) in [6.07, 6.45) is 2.11. The molecule has 0 bridgehead atoms. The third kappa shape index (κ3) is 3.58. The van der Waals surface area contributed by atoms with Gasteiger partial charge < -0.3 is 16.9 Å². The van der Waals surface area contributed by atoms with Crippen LogP contribution in [0, 0.1) is 10.8 Å². The molecule has 0 saturated heterocycles. The second-order valence-electron chi connectivity index (χ2n) is 6.99. The number of hydrogen-bond donors (Lipinski definition) is 4. The van der Waals surface area contributed by atoms with Crippen molar-refractivity contribution in [3.05, 3.63) is 41.2 Å². The van der Waals surface area contributed by atoms with Crippen LogP contribution in [0.3, 0.4) is 0 Å². The Balaban J connectivity index is 2.28. The maximum absolute atomic E-state index is 13.1. The number of halogens is 3. The monoisotopic (exact) mass is 389 g/mol. The van der Waals surface area contributed by atoms with E-state index in [9.17, 15) is 13.2 Å². The predicted octanol–water partition coefficient (Wildman–Crippen LogP) is 4.74. The molecule has 0 radical (unpaired) electrons. The van der Waals surface area contributed by atoms with E-state index in [2.05, 4.69) is 4.98 Å². The number of allylic oxidation sites excluding steroid dienone is 1. The zero-order valence-corrected chi connectivity index (χ0v) is 15.2. The quantitative estimate of drug-likeness (QED) is 0.447. The Hall–Kier alpha value is -2.90. The second-order valence-corrected chi connectivity index (χ2v) is 6.99. The molecule has 0 unspecified atom stereocenters. The molecule has 1 aromatic heterocycles. The van der Waals surface area contributed by atoms with Gasteiger partial charge in [-0.25, -0.2) is 4.98 Å². The minimum atomic E-state index is -4.83.